The fourth-order valence-electron chi connectivity index (χ4n) is 5.52. The van der Waals surface area contributed by atoms with Crippen LogP contribution in [-0.4, -0.2) is 53.9 Å². The first-order valence-corrected chi connectivity index (χ1v) is 13.8. The van der Waals surface area contributed by atoms with Crippen molar-refractivity contribution in [3.05, 3.63) is 29.8 Å². The third-order valence-electron chi connectivity index (χ3n) is 7.75. The zero-order valence-corrected chi connectivity index (χ0v) is 21.8. The summed E-state index contributed by atoms with van der Waals surface area (Å²) >= 11 is 0. The van der Waals surface area contributed by atoms with Crippen molar-refractivity contribution in [1.82, 2.24) is 9.80 Å². The average Bonchev–Trinajstić information content (AvgIpc) is 2.85. The summed E-state index contributed by atoms with van der Waals surface area (Å²) in [6, 6.07) is 7.58. The fraction of sp³-hybridized carbons (Fsp3) is 0.724. The second kappa shape index (κ2) is 13.7. The molecule has 5 heteroatoms. The molecule has 0 spiro atoms. The summed E-state index contributed by atoms with van der Waals surface area (Å²) in [4.78, 5) is 30.8. The molecule has 1 atom stereocenters. The molecule has 0 aromatic heterocycles. The van der Waals surface area contributed by atoms with Gasteiger partial charge in [-0.3, -0.25) is 9.59 Å². The molecule has 1 aliphatic carbocycles. The highest BCUT2D eigenvalue weighted by Crippen LogP contribution is 2.28. The second-order valence-electron chi connectivity index (χ2n) is 10.5. The molecular formula is C29H46N2O3. The summed E-state index contributed by atoms with van der Waals surface area (Å²) in [5.41, 5.74) is 0.624. The van der Waals surface area contributed by atoms with E-state index in [-0.39, 0.29) is 23.8 Å². The van der Waals surface area contributed by atoms with E-state index < -0.39 is 0 Å². The van der Waals surface area contributed by atoms with Crippen molar-refractivity contribution in [2.45, 2.75) is 97.4 Å². The van der Waals surface area contributed by atoms with Crippen LogP contribution in [-0.2, 0) is 4.79 Å². The van der Waals surface area contributed by atoms with Gasteiger partial charge in [0.1, 0.15) is 12.4 Å². The number of amides is 2. The molecule has 2 amide bonds. The Morgan fingerprint density at radius 1 is 1.00 bits per heavy atom. The summed E-state index contributed by atoms with van der Waals surface area (Å²) in [6.45, 7) is 9.07. The highest BCUT2D eigenvalue weighted by atomic mass is 16.5. The van der Waals surface area contributed by atoms with E-state index >= 15 is 0 Å². The van der Waals surface area contributed by atoms with Crippen LogP contribution in [0.15, 0.2) is 24.3 Å². The van der Waals surface area contributed by atoms with Crippen LogP contribution in [0, 0.1) is 11.8 Å². The van der Waals surface area contributed by atoms with E-state index in [0.29, 0.717) is 36.8 Å². The molecule has 1 aromatic carbocycles. The smallest absolute Gasteiger partial charge is 0.257 e. The third kappa shape index (κ3) is 7.48. The molecule has 190 valence electrons. The number of para-hydroxylation sites is 1. The predicted molar refractivity (Wildman–Crippen MR) is 138 cm³/mol. The molecule has 1 heterocycles. The van der Waals surface area contributed by atoms with Gasteiger partial charge in [-0.1, -0.05) is 70.9 Å². The standard InChI is InChI=1S/C29H46N2O3/c1-4-30-20-12-5-6-13-21-31(28(32)19-18-24-14-8-7-9-15-24)26(23(2)3)22-34-27-17-11-10-16-25(27)29(30)33/h10-11,16-17,23-24,26H,4-9,12-15,18-22H2,1-3H3/t26-/m1/s1. The van der Waals surface area contributed by atoms with Crippen LogP contribution in [0.3, 0.4) is 0 Å². The summed E-state index contributed by atoms with van der Waals surface area (Å²) in [5.74, 6) is 1.94. The average molecular weight is 471 g/mol. The van der Waals surface area contributed by atoms with Crippen molar-refractivity contribution in [3.63, 3.8) is 0 Å². The van der Waals surface area contributed by atoms with Crippen LogP contribution >= 0.6 is 0 Å². The molecule has 1 fully saturated rings. The molecule has 1 aromatic rings. The monoisotopic (exact) mass is 470 g/mol. The van der Waals surface area contributed by atoms with Crippen LogP contribution in [0.2, 0.25) is 0 Å². The van der Waals surface area contributed by atoms with Crippen LogP contribution in [0.25, 0.3) is 0 Å². The molecule has 0 unspecified atom stereocenters. The number of hydrogen-bond acceptors (Lipinski definition) is 3. The first-order valence-electron chi connectivity index (χ1n) is 13.8. The van der Waals surface area contributed by atoms with Gasteiger partial charge in [-0.2, -0.15) is 0 Å². The first kappa shape index (κ1) is 26.6. The lowest BCUT2D eigenvalue weighted by Gasteiger charge is -2.35. The molecule has 0 N–H and O–H groups in total. The largest absolute Gasteiger partial charge is 0.491 e. The molecule has 1 aliphatic heterocycles. The number of hydrogen-bond donors (Lipinski definition) is 0. The lowest BCUT2D eigenvalue weighted by molar-refractivity contribution is -0.135. The Morgan fingerprint density at radius 2 is 1.68 bits per heavy atom. The van der Waals surface area contributed by atoms with Crippen LogP contribution in [0.1, 0.15) is 102 Å². The zero-order valence-electron chi connectivity index (χ0n) is 21.8. The maximum Gasteiger partial charge on any atom is 0.257 e. The van der Waals surface area contributed by atoms with Gasteiger partial charge >= 0.3 is 0 Å². The topological polar surface area (TPSA) is 49.9 Å². The molecule has 3 rings (SSSR count). The summed E-state index contributed by atoms with van der Waals surface area (Å²) in [7, 11) is 0. The molecule has 1 saturated carbocycles. The minimum Gasteiger partial charge on any atom is -0.491 e. The number of ether oxygens (including phenoxy) is 1. The van der Waals surface area contributed by atoms with Crippen molar-refractivity contribution >= 4 is 11.8 Å². The van der Waals surface area contributed by atoms with Crippen LogP contribution < -0.4 is 4.74 Å². The highest BCUT2D eigenvalue weighted by molar-refractivity contribution is 5.96. The van der Waals surface area contributed by atoms with E-state index in [9.17, 15) is 9.59 Å². The summed E-state index contributed by atoms with van der Waals surface area (Å²) in [6.07, 6.45) is 12.4. The van der Waals surface area contributed by atoms with Crippen molar-refractivity contribution in [2.24, 2.45) is 11.8 Å². The lowest BCUT2D eigenvalue weighted by Crippen LogP contribution is -2.47. The Kier molecular flexibility index (Phi) is 10.7. The number of fused-ring (bicyclic) bond motifs is 1. The zero-order chi connectivity index (χ0) is 24.3. The molecule has 0 saturated heterocycles. The minimum absolute atomic E-state index is 0.00670. The third-order valence-corrected chi connectivity index (χ3v) is 7.75. The fourth-order valence-corrected chi connectivity index (χ4v) is 5.52. The Hall–Kier alpha value is -2.04. The van der Waals surface area contributed by atoms with E-state index in [0.717, 1.165) is 45.2 Å². The van der Waals surface area contributed by atoms with Crippen molar-refractivity contribution in [2.75, 3.05) is 26.2 Å². The van der Waals surface area contributed by atoms with Gasteiger partial charge in [0.2, 0.25) is 5.91 Å². The Morgan fingerprint density at radius 3 is 2.38 bits per heavy atom. The van der Waals surface area contributed by atoms with Gasteiger partial charge in [0.05, 0.1) is 11.6 Å². The molecule has 2 aliphatic rings. The van der Waals surface area contributed by atoms with Gasteiger partial charge in [-0.15, -0.1) is 0 Å². The summed E-state index contributed by atoms with van der Waals surface area (Å²) in [5, 5.41) is 0. The van der Waals surface area contributed by atoms with E-state index in [1.165, 1.54) is 32.1 Å². The van der Waals surface area contributed by atoms with Crippen molar-refractivity contribution < 1.29 is 14.3 Å². The minimum atomic E-state index is 0.00670. The van der Waals surface area contributed by atoms with Gasteiger partial charge in [0, 0.05) is 26.1 Å². The predicted octanol–water partition coefficient (Wildman–Crippen LogP) is 6.32. The normalized spacial score (nSPS) is 21.6. The quantitative estimate of drug-likeness (QED) is 0.506. The molecular weight excluding hydrogens is 424 g/mol. The Balaban J connectivity index is 1.77. The van der Waals surface area contributed by atoms with E-state index in [4.69, 9.17) is 4.74 Å². The van der Waals surface area contributed by atoms with Gasteiger partial charge in [0.25, 0.3) is 5.91 Å². The van der Waals surface area contributed by atoms with E-state index in [1.54, 1.807) is 0 Å². The lowest BCUT2D eigenvalue weighted by atomic mass is 9.86. The number of carbonyl (C=O) groups excluding carboxylic acids is 2. The van der Waals surface area contributed by atoms with Gasteiger partial charge in [0.15, 0.2) is 0 Å². The van der Waals surface area contributed by atoms with Crippen LogP contribution in [0.4, 0.5) is 0 Å². The Labute approximate surface area is 207 Å². The maximum absolute atomic E-state index is 13.5. The maximum atomic E-state index is 13.5. The van der Waals surface area contributed by atoms with Crippen LogP contribution in [0.5, 0.6) is 5.75 Å². The molecule has 0 radical (unpaired) electrons. The van der Waals surface area contributed by atoms with Crippen molar-refractivity contribution in [1.29, 1.82) is 0 Å². The van der Waals surface area contributed by atoms with Gasteiger partial charge < -0.3 is 14.5 Å². The number of nitrogens with zero attached hydrogens (tertiary/aromatic N) is 2. The van der Waals surface area contributed by atoms with E-state index in [1.807, 2.05) is 36.1 Å². The second-order valence-corrected chi connectivity index (χ2v) is 10.5. The number of rotatable bonds is 5. The summed E-state index contributed by atoms with van der Waals surface area (Å²) < 4.78 is 6.30. The van der Waals surface area contributed by atoms with Crippen molar-refractivity contribution in [3.8, 4) is 5.75 Å². The number of carbonyl (C=O) groups is 2. The SMILES string of the molecule is CCN1CCCCCCN(C(=O)CCC2CCCCC2)[C@@H](C(C)C)COc2ccccc2C1=O. The number of benzene rings is 1. The van der Waals surface area contributed by atoms with E-state index in [2.05, 4.69) is 18.7 Å². The highest BCUT2D eigenvalue weighted by Gasteiger charge is 2.28. The molecule has 0 bridgehead atoms. The molecule has 34 heavy (non-hydrogen) atoms. The van der Waals surface area contributed by atoms with Gasteiger partial charge in [-0.25, -0.2) is 0 Å². The van der Waals surface area contributed by atoms with Gasteiger partial charge in [-0.05, 0) is 50.2 Å². The first-order chi connectivity index (χ1) is 16.5. The Bertz CT molecular complexity index is 772. The molecule has 5 nitrogen and oxygen atoms in total.